The molecule has 3 aromatic heterocycles. The third-order valence-electron chi connectivity index (χ3n) is 7.43. The van der Waals surface area contributed by atoms with E-state index in [1.165, 1.54) is 0 Å². The molecule has 2 atom stereocenters. The molecule has 2 fully saturated rings. The van der Waals surface area contributed by atoms with Crippen LogP contribution in [0.3, 0.4) is 0 Å². The summed E-state index contributed by atoms with van der Waals surface area (Å²) in [6.45, 7) is 8.25. The number of aromatic nitrogens is 5. The van der Waals surface area contributed by atoms with Crippen molar-refractivity contribution < 1.29 is 4.79 Å². The Morgan fingerprint density at radius 3 is 2.80 bits per heavy atom. The maximum Gasteiger partial charge on any atom is 0.290 e. The maximum absolute atomic E-state index is 13.7. The second-order valence-corrected chi connectivity index (χ2v) is 9.68. The van der Waals surface area contributed by atoms with E-state index in [0.717, 1.165) is 72.5 Å². The molecule has 35 heavy (non-hydrogen) atoms. The van der Waals surface area contributed by atoms with Gasteiger partial charge in [0.05, 0.1) is 28.8 Å². The number of carbonyl (C=O) groups is 1. The minimum Gasteiger partial charge on any atom is -0.354 e. The first-order valence-electron chi connectivity index (χ1n) is 12.3. The third-order valence-corrected chi connectivity index (χ3v) is 7.43. The Kier molecular flexibility index (Phi) is 5.27. The molecule has 1 aromatic carbocycles. The normalized spacial score (nSPS) is 20.7. The van der Waals surface area contributed by atoms with Crippen molar-refractivity contribution in [2.45, 2.75) is 44.7 Å². The van der Waals surface area contributed by atoms with E-state index in [1.807, 2.05) is 57.6 Å². The van der Waals surface area contributed by atoms with E-state index >= 15 is 0 Å². The molecule has 0 aliphatic carbocycles. The summed E-state index contributed by atoms with van der Waals surface area (Å²) in [5, 5.41) is 4.87. The lowest BCUT2D eigenvalue weighted by Gasteiger charge is -2.34. The summed E-state index contributed by atoms with van der Waals surface area (Å²) in [5.74, 6) is 1.40. The smallest absolute Gasteiger partial charge is 0.290 e. The van der Waals surface area contributed by atoms with Gasteiger partial charge in [-0.3, -0.25) is 9.79 Å². The number of benzene rings is 1. The van der Waals surface area contributed by atoms with Crippen LogP contribution in [-0.2, 0) is 7.05 Å². The van der Waals surface area contributed by atoms with Crippen molar-refractivity contribution in [1.82, 2.24) is 29.0 Å². The molecule has 4 aromatic rings. The first-order valence-corrected chi connectivity index (χ1v) is 12.3. The van der Waals surface area contributed by atoms with Crippen molar-refractivity contribution in [3.63, 3.8) is 0 Å². The first kappa shape index (κ1) is 21.8. The predicted molar refractivity (Wildman–Crippen MR) is 136 cm³/mol. The van der Waals surface area contributed by atoms with Gasteiger partial charge in [-0.25, -0.2) is 14.5 Å². The molecule has 2 aliphatic heterocycles. The minimum absolute atomic E-state index is 0.0460. The highest BCUT2D eigenvalue weighted by atomic mass is 16.2. The lowest BCUT2D eigenvalue weighted by molar-refractivity contribution is 0.0590. The van der Waals surface area contributed by atoms with Crippen LogP contribution in [0.5, 0.6) is 0 Å². The molecule has 0 unspecified atom stereocenters. The highest BCUT2D eigenvalue weighted by molar-refractivity contribution is 5.95. The molecule has 2 aliphatic rings. The van der Waals surface area contributed by atoms with Crippen LogP contribution in [0, 0.1) is 6.92 Å². The number of aliphatic imine (C=N–C) groups is 1. The zero-order chi connectivity index (χ0) is 24.1. The van der Waals surface area contributed by atoms with Crippen molar-refractivity contribution in [3.8, 4) is 0 Å². The number of rotatable bonds is 4. The number of hydrogen-bond donors (Lipinski definition) is 0. The fourth-order valence-corrected chi connectivity index (χ4v) is 5.53. The summed E-state index contributed by atoms with van der Waals surface area (Å²) in [7, 11) is 1.91. The quantitative estimate of drug-likeness (QED) is 0.426. The zero-order valence-electron chi connectivity index (χ0n) is 20.3. The molecular formula is C26H30N8O. The molecule has 0 spiro atoms. The van der Waals surface area contributed by atoms with Crippen molar-refractivity contribution in [3.05, 3.63) is 53.6 Å². The number of amides is 1. The average molecular weight is 471 g/mol. The molecule has 0 bridgehead atoms. The average Bonchev–Trinajstić information content (AvgIpc) is 3.60. The highest BCUT2D eigenvalue weighted by Gasteiger charge is 2.33. The largest absolute Gasteiger partial charge is 0.354 e. The van der Waals surface area contributed by atoms with Crippen LogP contribution >= 0.6 is 0 Å². The molecule has 9 nitrogen and oxygen atoms in total. The molecule has 5 heterocycles. The molecule has 0 saturated carbocycles. The summed E-state index contributed by atoms with van der Waals surface area (Å²) < 4.78 is 3.74. The number of hydrogen-bond acceptors (Lipinski definition) is 6. The highest BCUT2D eigenvalue weighted by Crippen LogP contribution is 2.33. The summed E-state index contributed by atoms with van der Waals surface area (Å²) in [5.41, 5.74) is 4.56. The van der Waals surface area contributed by atoms with Crippen molar-refractivity contribution in [2.24, 2.45) is 12.0 Å². The van der Waals surface area contributed by atoms with Crippen molar-refractivity contribution in [2.75, 3.05) is 24.5 Å². The van der Waals surface area contributed by atoms with E-state index in [2.05, 4.69) is 28.5 Å². The Balaban J connectivity index is 1.33. The fraction of sp³-hybridized carbons (Fsp3) is 0.423. The number of nitrogens with zero attached hydrogens (tertiary/aromatic N) is 8. The zero-order valence-corrected chi connectivity index (χ0v) is 20.3. The lowest BCUT2D eigenvalue weighted by atomic mass is 9.99. The van der Waals surface area contributed by atoms with E-state index in [-0.39, 0.29) is 18.0 Å². The lowest BCUT2D eigenvalue weighted by Crippen LogP contribution is -2.39. The Morgan fingerprint density at radius 1 is 1.14 bits per heavy atom. The van der Waals surface area contributed by atoms with E-state index in [0.29, 0.717) is 12.4 Å². The van der Waals surface area contributed by atoms with Gasteiger partial charge in [-0.15, -0.1) is 0 Å². The fourth-order valence-electron chi connectivity index (χ4n) is 5.53. The minimum atomic E-state index is -0.0948. The van der Waals surface area contributed by atoms with Crippen LogP contribution < -0.4 is 4.90 Å². The van der Waals surface area contributed by atoms with Crippen LogP contribution in [0.25, 0.3) is 16.7 Å². The summed E-state index contributed by atoms with van der Waals surface area (Å²) in [4.78, 5) is 31.7. The van der Waals surface area contributed by atoms with E-state index in [1.54, 1.807) is 0 Å². The van der Waals surface area contributed by atoms with E-state index in [4.69, 9.17) is 10.1 Å². The molecule has 0 radical (unpaired) electrons. The molecule has 6 rings (SSSR count). The van der Waals surface area contributed by atoms with Crippen molar-refractivity contribution in [1.29, 1.82) is 0 Å². The van der Waals surface area contributed by atoms with E-state index in [9.17, 15) is 4.79 Å². The van der Waals surface area contributed by atoms with Gasteiger partial charge in [-0.2, -0.15) is 5.10 Å². The second-order valence-electron chi connectivity index (χ2n) is 9.68. The number of piperidine rings is 1. The maximum atomic E-state index is 13.7. The van der Waals surface area contributed by atoms with Crippen molar-refractivity contribution >= 4 is 35.1 Å². The number of aryl methyl sites for hydroxylation is 2. The second kappa shape index (κ2) is 8.48. The summed E-state index contributed by atoms with van der Waals surface area (Å²) in [6.07, 6.45) is 5.96. The number of carbonyl (C=O) groups excluding carboxylic acids is 1. The van der Waals surface area contributed by atoms with Crippen LogP contribution in [0.15, 0.2) is 41.5 Å². The number of anilines is 1. The molecule has 9 heteroatoms. The SMILES string of the molecule is C=N[C@H]1CCN(c2nc3cc([C@@H]4CCCCN4C(=O)c4nc5ccccc5n4C)nn3cc2C)C1. The van der Waals surface area contributed by atoms with Gasteiger partial charge in [0, 0.05) is 44.5 Å². The third kappa shape index (κ3) is 3.66. The standard InChI is InChI=1S/C26H30N8O/c1-17-15-34-23(29-24(17)32-13-11-18(16-32)27-2)14-20(30-34)22-10-6-7-12-33(22)26(35)25-28-19-8-4-5-9-21(19)31(25)3/h4-5,8-9,14-15,18,22H,2,6-7,10-13,16H2,1,3H3/t18-,22-/m0/s1. The Hall–Kier alpha value is -3.75. The molecule has 180 valence electrons. The van der Waals surface area contributed by atoms with Gasteiger partial charge in [0.25, 0.3) is 5.91 Å². The predicted octanol–water partition coefficient (Wildman–Crippen LogP) is 3.57. The molecular weight excluding hydrogens is 440 g/mol. The van der Waals surface area contributed by atoms with Gasteiger partial charge < -0.3 is 14.4 Å². The number of imidazole rings is 1. The van der Waals surface area contributed by atoms with Crippen LogP contribution in [0.2, 0.25) is 0 Å². The first-order chi connectivity index (χ1) is 17.0. The van der Waals surface area contributed by atoms with Crippen LogP contribution in [-0.4, -0.2) is 67.3 Å². The molecule has 2 saturated heterocycles. The number of para-hydroxylation sites is 2. The van der Waals surface area contributed by atoms with E-state index < -0.39 is 0 Å². The summed E-state index contributed by atoms with van der Waals surface area (Å²) in [6, 6.07) is 10.1. The Labute approximate surface area is 204 Å². The van der Waals surface area contributed by atoms with Crippen LogP contribution in [0.4, 0.5) is 5.82 Å². The monoisotopic (exact) mass is 470 g/mol. The van der Waals surface area contributed by atoms with Crippen LogP contribution in [0.1, 0.15) is 53.6 Å². The molecule has 1 amide bonds. The number of likely N-dealkylation sites (tertiary alicyclic amines) is 1. The van der Waals surface area contributed by atoms with Gasteiger partial charge >= 0.3 is 0 Å². The summed E-state index contributed by atoms with van der Waals surface area (Å²) >= 11 is 0. The Morgan fingerprint density at radius 2 is 2.00 bits per heavy atom. The van der Waals surface area contributed by atoms with Gasteiger partial charge in [-0.05, 0) is 51.5 Å². The topological polar surface area (TPSA) is 83.9 Å². The Bertz CT molecular complexity index is 1440. The van der Waals surface area contributed by atoms with Gasteiger partial charge in [0.1, 0.15) is 5.82 Å². The van der Waals surface area contributed by atoms with Gasteiger partial charge in [0.2, 0.25) is 0 Å². The van der Waals surface area contributed by atoms with Gasteiger partial charge in [-0.1, -0.05) is 12.1 Å². The number of fused-ring (bicyclic) bond motifs is 2. The molecule has 0 N–H and O–H groups in total. The van der Waals surface area contributed by atoms with Gasteiger partial charge in [0.15, 0.2) is 11.5 Å².